The number of phosphoric acid groups is 1. The van der Waals surface area contributed by atoms with Crippen LogP contribution < -0.4 is 4.74 Å². The zero-order valence-electron chi connectivity index (χ0n) is 21.8. The first-order valence-electron chi connectivity index (χ1n) is 11.3. The third-order valence-corrected chi connectivity index (χ3v) is 6.73. The van der Waals surface area contributed by atoms with Crippen molar-refractivity contribution in [1.82, 2.24) is 14.7 Å². The lowest BCUT2D eigenvalue weighted by Gasteiger charge is -2.26. The van der Waals surface area contributed by atoms with Gasteiger partial charge in [0.05, 0.1) is 12.6 Å². The van der Waals surface area contributed by atoms with Crippen molar-refractivity contribution in [3.8, 4) is 5.75 Å². The third-order valence-electron chi connectivity index (χ3n) is 5.43. The summed E-state index contributed by atoms with van der Waals surface area (Å²) < 4.78 is 35.4. The summed E-state index contributed by atoms with van der Waals surface area (Å²) in [6.07, 6.45) is 0.893. The topological polar surface area (TPSA) is 92.1 Å². The first kappa shape index (κ1) is 27.9. The Morgan fingerprint density at radius 1 is 1.15 bits per heavy atom. The van der Waals surface area contributed by atoms with E-state index in [1.165, 1.54) is 14.2 Å². The first-order chi connectivity index (χ1) is 15.9. The lowest BCUT2D eigenvalue weighted by molar-refractivity contribution is -0.132. The second kappa shape index (κ2) is 11.4. The van der Waals surface area contributed by atoms with E-state index in [1.807, 2.05) is 37.8 Å². The monoisotopic (exact) mass is 495 g/mol. The molecular weight excluding hydrogens is 457 g/mol. The van der Waals surface area contributed by atoms with Gasteiger partial charge >= 0.3 is 7.82 Å². The van der Waals surface area contributed by atoms with Crippen LogP contribution in [-0.4, -0.2) is 55.0 Å². The van der Waals surface area contributed by atoms with Crippen molar-refractivity contribution in [2.45, 2.75) is 54.5 Å². The number of rotatable bonds is 11. The Kier molecular flexibility index (Phi) is 9.34. The molecule has 0 radical (unpaired) electrons. The number of phosphoric ester groups is 1. The smallest absolute Gasteiger partial charge is 0.497 e. The molecule has 0 aliphatic heterocycles. The van der Waals surface area contributed by atoms with Crippen molar-refractivity contribution in [3.63, 3.8) is 0 Å². The highest BCUT2D eigenvalue weighted by Crippen LogP contribution is 2.52. The maximum atomic E-state index is 13.2. The number of amides is 1. The van der Waals surface area contributed by atoms with Gasteiger partial charge in [-0.15, -0.1) is 0 Å². The van der Waals surface area contributed by atoms with Crippen LogP contribution in [0.5, 0.6) is 5.75 Å². The highest BCUT2D eigenvalue weighted by atomic mass is 31.2. The molecule has 1 aromatic carbocycles. The molecule has 190 valence electrons. The maximum Gasteiger partial charge on any atom is 0.529 e. The van der Waals surface area contributed by atoms with E-state index in [0.717, 1.165) is 17.4 Å². The fraction of sp³-hybridized carbons (Fsp3) is 0.583. The van der Waals surface area contributed by atoms with E-state index in [0.29, 0.717) is 30.0 Å². The SMILES string of the molecule is CCN(CCC(C)(C)C)C(=O)Cn1nc(C(OP(=O)(OC)OC)=C(C)C)c2ccc(OC)cc21. The number of benzene rings is 1. The van der Waals surface area contributed by atoms with Crippen molar-refractivity contribution < 1.29 is 27.7 Å². The predicted octanol–water partition coefficient (Wildman–Crippen LogP) is 5.50. The van der Waals surface area contributed by atoms with Crippen LogP contribution in [0, 0.1) is 5.41 Å². The molecule has 1 heterocycles. The number of allylic oxidation sites excluding steroid dienone is 1. The van der Waals surface area contributed by atoms with Gasteiger partial charge in [0.15, 0.2) is 5.76 Å². The fourth-order valence-corrected chi connectivity index (χ4v) is 4.15. The lowest BCUT2D eigenvalue weighted by Crippen LogP contribution is -2.36. The molecule has 0 atom stereocenters. The standard InChI is InChI=1S/C24H38N3O6P/c1-10-26(14-13-24(4,5)6)21(28)16-27-20-15-18(30-7)11-12-19(20)22(25-27)23(17(2)3)33-34(29,31-8)32-9/h11-12,15H,10,13-14,16H2,1-9H3. The zero-order valence-corrected chi connectivity index (χ0v) is 22.7. The normalized spacial score (nSPS) is 12.0. The molecule has 0 saturated carbocycles. The number of carbonyl (C=O) groups is 1. The van der Waals surface area contributed by atoms with Gasteiger partial charge in [-0.25, -0.2) is 4.57 Å². The zero-order chi connectivity index (χ0) is 25.7. The van der Waals surface area contributed by atoms with E-state index < -0.39 is 7.82 Å². The summed E-state index contributed by atoms with van der Waals surface area (Å²) in [5.74, 6) is 0.866. The summed E-state index contributed by atoms with van der Waals surface area (Å²) in [4.78, 5) is 15.0. The Bertz CT molecular complexity index is 1070. The number of aromatic nitrogens is 2. The van der Waals surface area contributed by atoms with Crippen molar-refractivity contribution in [2.24, 2.45) is 5.41 Å². The van der Waals surface area contributed by atoms with Crippen LogP contribution >= 0.6 is 7.82 Å². The Morgan fingerprint density at radius 3 is 2.29 bits per heavy atom. The summed E-state index contributed by atoms with van der Waals surface area (Å²) in [5, 5.41) is 5.43. The summed E-state index contributed by atoms with van der Waals surface area (Å²) in [6.45, 7) is 13.4. The summed E-state index contributed by atoms with van der Waals surface area (Å²) in [5.41, 5.74) is 1.99. The molecule has 0 bridgehead atoms. The molecule has 34 heavy (non-hydrogen) atoms. The minimum absolute atomic E-state index is 0.0374. The van der Waals surface area contributed by atoms with Crippen LogP contribution in [0.25, 0.3) is 16.7 Å². The summed E-state index contributed by atoms with van der Waals surface area (Å²) in [6, 6.07) is 5.46. The number of methoxy groups -OCH3 is 1. The molecule has 0 spiro atoms. The van der Waals surface area contributed by atoms with Crippen LogP contribution in [0.3, 0.4) is 0 Å². The molecule has 0 aliphatic rings. The second-order valence-corrected chi connectivity index (χ2v) is 11.2. The third kappa shape index (κ3) is 6.84. The Morgan fingerprint density at radius 2 is 1.79 bits per heavy atom. The molecule has 1 amide bonds. The van der Waals surface area contributed by atoms with E-state index in [-0.39, 0.29) is 23.6 Å². The van der Waals surface area contributed by atoms with Gasteiger partial charge in [-0.05, 0) is 50.3 Å². The minimum atomic E-state index is -3.82. The number of carbonyl (C=O) groups excluding carboxylic acids is 1. The summed E-state index contributed by atoms with van der Waals surface area (Å²) >= 11 is 0. The molecule has 0 aliphatic carbocycles. The number of likely N-dealkylation sites (N-methyl/N-ethyl adjacent to an activating group) is 1. The van der Waals surface area contributed by atoms with Gasteiger partial charge in [0.2, 0.25) is 5.91 Å². The van der Waals surface area contributed by atoms with Crippen LogP contribution in [0.15, 0.2) is 23.8 Å². The van der Waals surface area contributed by atoms with Gasteiger partial charge in [0.25, 0.3) is 0 Å². The van der Waals surface area contributed by atoms with Crippen molar-refractivity contribution >= 4 is 30.4 Å². The predicted molar refractivity (Wildman–Crippen MR) is 134 cm³/mol. The van der Waals surface area contributed by atoms with Gasteiger partial charge in [0.1, 0.15) is 18.0 Å². The summed E-state index contributed by atoms with van der Waals surface area (Å²) in [7, 11) is 0.268. The van der Waals surface area contributed by atoms with Crippen molar-refractivity contribution in [2.75, 3.05) is 34.4 Å². The van der Waals surface area contributed by atoms with E-state index in [1.54, 1.807) is 17.9 Å². The maximum absolute atomic E-state index is 13.2. The van der Waals surface area contributed by atoms with Crippen molar-refractivity contribution in [3.05, 3.63) is 29.5 Å². The number of hydrogen-bond donors (Lipinski definition) is 0. The number of fused-ring (bicyclic) bond motifs is 1. The van der Waals surface area contributed by atoms with E-state index in [9.17, 15) is 9.36 Å². The molecule has 10 heteroatoms. The second-order valence-electron chi connectivity index (χ2n) is 9.41. The quantitative estimate of drug-likeness (QED) is 0.300. The van der Waals surface area contributed by atoms with Gasteiger partial charge < -0.3 is 14.2 Å². The van der Waals surface area contributed by atoms with E-state index >= 15 is 0 Å². The molecule has 0 unspecified atom stereocenters. The Labute approximate surface area is 202 Å². The molecule has 0 N–H and O–H groups in total. The van der Waals surface area contributed by atoms with Crippen LogP contribution in [-0.2, 0) is 29.5 Å². The highest BCUT2D eigenvalue weighted by Gasteiger charge is 2.30. The Hall–Kier alpha value is -2.35. The largest absolute Gasteiger partial charge is 0.529 e. The molecule has 1 aromatic heterocycles. The van der Waals surface area contributed by atoms with Crippen LogP contribution in [0.4, 0.5) is 0 Å². The highest BCUT2D eigenvalue weighted by molar-refractivity contribution is 7.48. The number of nitrogens with zero attached hydrogens (tertiary/aromatic N) is 3. The number of ether oxygens (including phenoxy) is 1. The molecule has 0 saturated heterocycles. The lowest BCUT2D eigenvalue weighted by atomic mass is 9.92. The van der Waals surface area contributed by atoms with Crippen molar-refractivity contribution in [1.29, 1.82) is 0 Å². The molecule has 0 fully saturated rings. The van der Waals surface area contributed by atoms with Gasteiger partial charge in [-0.1, -0.05) is 20.8 Å². The molecular formula is C24H38N3O6P. The Balaban J connectivity index is 2.53. The van der Waals surface area contributed by atoms with Gasteiger partial charge in [-0.3, -0.25) is 18.5 Å². The van der Waals surface area contributed by atoms with Crippen LogP contribution in [0.2, 0.25) is 0 Å². The van der Waals surface area contributed by atoms with E-state index in [4.69, 9.17) is 23.4 Å². The fourth-order valence-electron chi connectivity index (χ4n) is 3.36. The molecule has 9 nitrogen and oxygen atoms in total. The average molecular weight is 496 g/mol. The first-order valence-corrected chi connectivity index (χ1v) is 12.7. The number of hydrogen-bond acceptors (Lipinski definition) is 7. The molecule has 2 rings (SSSR count). The van der Waals surface area contributed by atoms with Gasteiger partial charge in [0, 0.05) is 38.8 Å². The van der Waals surface area contributed by atoms with E-state index in [2.05, 4.69) is 20.8 Å². The van der Waals surface area contributed by atoms with Crippen LogP contribution in [0.1, 0.15) is 53.7 Å². The molecule has 2 aromatic rings. The minimum Gasteiger partial charge on any atom is -0.497 e. The average Bonchev–Trinajstić information content (AvgIpc) is 3.13. The van der Waals surface area contributed by atoms with Gasteiger partial charge in [-0.2, -0.15) is 5.10 Å².